The monoisotopic (exact) mass is 1000 g/mol. The van der Waals surface area contributed by atoms with E-state index >= 15 is 0 Å². The summed E-state index contributed by atoms with van der Waals surface area (Å²) in [5.41, 5.74) is 29.5. The van der Waals surface area contributed by atoms with Crippen LogP contribution in [-0.4, -0.2) is 6.04 Å². The summed E-state index contributed by atoms with van der Waals surface area (Å²) in [5.74, 6) is 3.76. The van der Waals surface area contributed by atoms with E-state index in [0.717, 1.165) is 80.4 Å². The number of furan rings is 2. The molecule has 7 aromatic rings. The summed E-state index contributed by atoms with van der Waals surface area (Å²) in [6.07, 6.45) is 33.3. The first-order chi connectivity index (χ1) is 37.8. The number of anilines is 4. The quantitative estimate of drug-likeness (QED) is 0.166. The molecule has 5 aromatic carbocycles. The van der Waals surface area contributed by atoms with E-state index in [9.17, 15) is 0 Å². The molecule has 7 fully saturated rings. The summed E-state index contributed by atoms with van der Waals surface area (Å²) in [7, 11) is 0. The zero-order valence-electron chi connectivity index (χ0n) is 45.0. The average Bonchev–Trinajstić information content (AvgIpc) is 1.47. The van der Waals surface area contributed by atoms with Crippen LogP contribution in [0.4, 0.5) is 22.7 Å². The van der Waals surface area contributed by atoms with Gasteiger partial charge in [0.25, 0.3) is 0 Å². The van der Waals surface area contributed by atoms with Gasteiger partial charge in [-0.25, -0.2) is 0 Å². The number of aryl methyl sites for hydroxylation is 2. The predicted octanol–water partition coefficient (Wildman–Crippen LogP) is 19.4. The maximum Gasteiger partial charge on any atom is 0.178 e. The Balaban J connectivity index is 0.680. The fourth-order valence-electron chi connectivity index (χ4n) is 22.3. The Morgan fingerprint density at radius 2 is 1.25 bits per heavy atom. The van der Waals surface area contributed by atoms with Gasteiger partial charge in [-0.2, -0.15) is 0 Å². The second-order valence-corrected chi connectivity index (χ2v) is 27.7. The van der Waals surface area contributed by atoms with E-state index in [1.807, 2.05) is 16.7 Å². The molecule has 13 aliphatic carbocycles. The van der Waals surface area contributed by atoms with Gasteiger partial charge in [-0.3, -0.25) is 0 Å². The third-order valence-corrected chi connectivity index (χ3v) is 25.0. The van der Waals surface area contributed by atoms with Gasteiger partial charge >= 0.3 is 0 Å². The lowest BCUT2D eigenvalue weighted by molar-refractivity contribution is 0.240. The van der Waals surface area contributed by atoms with Gasteiger partial charge in [0, 0.05) is 79.0 Å². The summed E-state index contributed by atoms with van der Waals surface area (Å²) in [5, 5.41) is 4.53. The molecule has 13 aliphatic rings. The SMILES string of the molecule is Cc1ccc(N(C2=CC3=C(CC2)C2=C(CCCC2)C32C3CC4CC45CC352)c2ccc3c(c2)oc2c3ccc3c4ccc(N(c5ccc(C)cc5)C5CCC6=C(C5)C5(C7=C6CCC=C7)C6CC7CCCC65C7)cc4oc32)cc1. The number of benzene rings is 5. The van der Waals surface area contributed by atoms with Crippen LogP contribution in [0.3, 0.4) is 0 Å². The van der Waals surface area contributed by atoms with Gasteiger partial charge in [0.1, 0.15) is 11.2 Å². The van der Waals surface area contributed by atoms with Crippen LogP contribution in [-0.2, 0) is 0 Å². The highest BCUT2D eigenvalue weighted by Crippen LogP contribution is 3.09. The van der Waals surface area contributed by atoms with Crippen LogP contribution < -0.4 is 9.80 Å². The smallest absolute Gasteiger partial charge is 0.178 e. The topological polar surface area (TPSA) is 32.8 Å². The van der Waals surface area contributed by atoms with Crippen molar-refractivity contribution in [1.29, 1.82) is 0 Å². The molecule has 0 aliphatic heterocycles. The minimum Gasteiger partial charge on any atom is -0.452 e. The lowest BCUT2D eigenvalue weighted by atomic mass is 9.68. The molecule has 10 atom stereocenters. The van der Waals surface area contributed by atoms with Crippen molar-refractivity contribution in [2.45, 2.75) is 142 Å². The minimum atomic E-state index is 0.310. The lowest BCUT2D eigenvalue weighted by Gasteiger charge is -2.40. The van der Waals surface area contributed by atoms with E-state index in [1.165, 1.54) is 149 Å². The lowest BCUT2D eigenvalue weighted by Crippen LogP contribution is -2.36. The fourth-order valence-corrected chi connectivity index (χ4v) is 22.3. The number of rotatable bonds is 6. The fraction of sp³-hybridized carbons (Fsp3) is 0.425. The van der Waals surface area contributed by atoms with Crippen molar-refractivity contribution in [3.05, 3.63) is 177 Å². The summed E-state index contributed by atoms with van der Waals surface area (Å²) in [6, 6.07) is 37.7. The normalized spacial score (nSPS) is 35.9. The first-order valence-electron chi connectivity index (χ1n) is 30.7. The molecular formula is C73H68N2O2. The Labute approximate surface area is 452 Å². The highest BCUT2D eigenvalue weighted by Gasteiger charge is 3.03. The van der Waals surface area contributed by atoms with E-state index in [0.29, 0.717) is 33.1 Å². The molecule has 77 heavy (non-hydrogen) atoms. The van der Waals surface area contributed by atoms with Crippen molar-refractivity contribution < 1.29 is 8.83 Å². The number of hydrogen-bond acceptors (Lipinski definition) is 4. The van der Waals surface area contributed by atoms with Crippen LogP contribution in [0.15, 0.2) is 174 Å². The van der Waals surface area contributed by atoms with E-state index in [2.05, 4.69) is 139 Å². The highest BCUT2D eigenvalue weighted by atomic mass is 16.4. The van der Waals surface area contributed by atoms with Crippen LogP contribution in [0.2, 0.25) is 0 Å². The van der Waals surface area contributed by atoms with Crippen molar-refractivity contribution in [2.75, 3.05) is 9.80 Å². The van der Waals surface area contributed by atoms with Crippen molar-refractivity contribution in [3.8, 4) is 0 Å². The third kappa shape index (κ3) is 4.85. The maximum atomic E-state index is 7.14. The second kappa shape index (κ2) is 13.9. The maximum absolute atomic E-state index is 7.14. The molecule has 10 unspecified atom stereocenters. The molecule has 2 heterocycles. The highest BCUT2D eigenvalue weighted by molar-refractivity contribution is 6.19. The molecule has 0 amide bonds. The molecule has 0 radical (unpaired) electrons. The van der Waals surface area contributed by atoms with Crippen LogP contribution >= 0.6 is 0 Å². The van der Waals surface area contributed by atoms with Crippen LogP contribution in [0, 0.1) is 64.6 Å². The Bertz CT molecular complexity index is 4130. The number of fused-ring (bicyclic) bond motifs is 16. The van der Waals surface area contributed by atoms with Crippen LogP contribution in [0.25, 0.3) is 43.9 Å². The molecule has 20 rings (SSSR count). The Morgan fingerprint density at radius 1 is 0.545 bits per heavy atom. The van der Waals surface area contributed by atoms with E-state index in [-0.39, 0.29) is 0 Å². The molecular weight excluding hydrogens is 937 g/mol. The second-order valence-electron chi connectivity index (χ2n) is 27.7. The van der Waals surface area contributed by atoms with E-state index in [4.69, 9.17) is 8.83 Å². The number of nitrogens with zero attached hydrogens (tertiary/aromatic N) is 2. The van der Waals surface area contributed by atoms with Gasteiger partial charge in [0.2, 0.25) is 0 Å². The Morgan fingerprint density at radius 3 is 2.01 bits per heavy atom. The van der Waals surface area contributed by atoms with E-state index < -0.39 is 0 Å². The summed E-state index contributed by atoms with van der Waals surface area (Å²) in [6.45, 7) is 4.43. The largest absolute Gasteiger partial charge is 0.452 e. The molecule has 5 spiro atoms. The first kappa shape index (κ1) is 42.7. The molecule has 2 bridgehead atoms. The van der Waals surface area contributed by atoms with Crippen molar-refractivity contribution in [3.63, 3.8) is 0 Å². The van der Waals surface area contributed by atoms with Gasteiger partial charge < -0.3 is 18.6 Å². The zero-order chi connectivity index (χ0) is 50.1. The molecule has 4 nitrogen and oxygen atoms in total. The van der Waals surface area contributed by atoms with Gasteiger partial charge in [-0.15, -0.1) is 0 Å². The first-order valence-corrected chi connectivity index (χ1v) is 30.7. The molecule has 7 saturated carbocycles. The van der Waals surface area contributed by atoms with Crippen LogP contribution in [0.1, 0.15) is 133 Å². The minimum absolute atomic E-state index is 0.310. The molecule has 4 heteroatoms. The third-order valence-electron chi connectivity index (χ3n) is 25.0. The predicted molar refractivity (Wildman–Crippen MR) is 311 cm³/mol. The molecule has 382 valence electrons. The van der Waals surface area contributed by atoms with Crippen molar-refractivity contribution in [2.24, 2.45) is 50.7 Å². The number of allylic oxidation sites excluding steroid dienone is 11. The molecule has 0 saturated heterocycles. The average molecular weight is 1010 g/mol. The van der Waals surface area contributed by atoms with Crippen molar-refractivity contribution in [1.82, 2.24) is 0 Å². The van der Waals surface area contributed by atoms with Crippen LogP contribution in [0.5, 0.6) is 0 Å². The van der Waals surface area contributed by atoms with Gasteiger partial charge in [-0.1, -0.05) is 71.5 Å². The Kier molecular flexibility index (Phi) is 7.74. The zero-order valence-corrected chi connectivity index (χ0v) is 45.0. The summed E-state index contributed by atoms with van der Waals surface area (Å²) >= 11 is 0. The summed E-state index contributed by atoms with van der Waals surface area (Å²) in [4.78, 5) is 5.31. The van der Waals surface area contributed by atoms with Gasteiger partial charge in [0.15, 0.2) is 11.2 Å². The summed E-state index contributed by atoms with van der Waals surface area (Å²) < 4.78 is 14.3. The van der Waals surface area contributed by atoms with E-state index in [1.54, 1.807) is 27.9 Å². The Hall–Kier alpha value is -6.26. The van der Waals surface area contributed by atoms with Crippen molar-refractivity contribution >= 4 is 66.6 Å². The van der Waals surface area contributed by atoms with Gasteiger partial charge in [-0.05, 0) is 263 Å². The number of hydrogen-bond donors (Lipinski definition) is 0. The molecule has 2 aromatic heterocycles. The van der Waals surface area contributed by atoms with Gasteiger partial charge in [0.05, 0.1) is 0 Å². The standard InChI is InChI=1S/C73H68N2O2/c1-41-13-17-45(18-14-41)74(47-21-25-53-51-9-3-5-11-59(51)72(61(53)34-47)65-32-43-8-7-31-69(65,72)38-43)49-23-27-55-57-29-30-58-56-28-24-50(37-64(56)77-68(58)67(57)76-63(55)36-49)75(46-19-15-42(2)16-20-46)48-22-26-54-52-10-4-6-12-60(52)73(62(54)35-48)66-33-44-39-70(44)40-71(66,70)73/h5,11,13-20,23-24,27-30,35-37,43-44,47,65-66H,3-4,6-10,12,21-22,25-26,31-34,38-40H2,1-2H3. The molecule has 0 N–H and O–H groups in total.